The number of nitrogens with one attached hydrogen (secondary N) is 1. The zero-order chi connectivity index (χ0) is 23.3. The van der Waals surface area contributed by atoms with Crippen LogP contribution in [-0.4, -0.2) is 33.9 Å². The Morgan fingerprint density at radius 3 is 2.53 bits per heavy atom. The minimum Gasteiger partial charge on any atom is -0.489 e. The molecule has 0 radical (unpaired) electrons. The molecule has 170 valence electrons. The fraction of sp³-hybridized carbons (Fsp3) is 0.148. The molecule has 0 amide bonds. The SMILES string of the molecule is CN(C)Cc1ccc(-c2cc3c(Nc4ccc(OCc5ccccc5)cc4)ncnc3cn2)o1. The van der Waals surface area contributed by atoms with Gasteiger partial charge >= 0.3 is 0 Å². The van der Waals surface area contributed by atoms with Crippen molar-refractivity contribution in [2.75, 3.05) is 19.4 Å². The lowest BCUT2D eigenvalue weighted by molar-refractivity contribution is 0.306. The number of hydrogen-bond donors (Lipinski definition) is 1. The van der Waals surface area contributed by atoms with E-state index in [0.29, 0.717) is 18.2 Å². The van der Waals surface area contributed by atoms with Gasteiger partial charge in [0.25, 0.3) is 0 Å². The summed E-state index contributed by atoms with van der Waals surface area (Å²) in [6, 6.07) is 23.8. The standard InChI is InChI=1S/C27H25N5O2/c1-32(2)16-22-12-13-26(34-22)24-14-23-25(15-28-24)29-18-30-27(23)31-20-8-10-21(11-9-20)33-17-19-6-4-3-5-7-19/h3-15,18H,16-17H2,1-2H3,(H,29,30,31). The van der Waals surface area contributed by atoms with Crippen LogP contribution in [0, 0.1) is 0 Å². The van der Waals surface area contributed by atoms with Gasteiger partial charge in [-0.3, -0.25) is 4.98 Å². The van der Waals surface area contributed by atoms with E-state index in [0.717, 1.165) is 45.9 Å². The predicted octanol–water partition coefficient (Wildman–Crippen LogP) is 5.67. The minimum atomic E-state index is 0.531. The molecule has 0 aliphatic heterocycles. The van der Waals surface area contributed by atoms with Gasteiger partial charge in [0.05, 0.1) is 18.3 Å². The summed E-state index contributed by atoms with van der Waals surface area (Å²) in [5.41, 5.74) is 3.52. The van der Waals surface area contributed by atoms with Crippen LogP contribution in [0.2, 0.25) is 0 Å². The maximum atomic E-state index is 5.98. The summed E-state index contributed by atoms with van der Waals surface area (Å²) in [7, 11) is 4.02. The molecule has 3 heterocycles. The number of ether oxygens (including phenoxy) is 1. The number of pyridine rings is 1. The van der Waals surface area contributed by atoms with Crippen LogP contribution in [0.5, 0.6) is 5.75 Å². The molecule has 0 aliphatic carbocycles. The smallest absolute Gasteiger partial charge is 0.152 e. The Balaban J connectivity index is 1.34. The first-order valence-electron chi connectivity index (χ1n) is 11.0. The van der Waals surface area contributed by atoms with Crippen molar-refractivity contribution in [3.8, 4) is 17.2 Å². The minimum absolute atomic E-state index is 0.531. The number of rotatable bonds is 8. The van der Waals surface area contributed by atoms with Crippen LogP contribution >= 0.6 is 0 Å². The van der Waals surface area contributed by atoms with Gasteiger partial charge in [-0.15, -0.1) is 0 Å². The van der Waals surface area contributed by atoms with Crippen molar-refractivity contribution in [2.24, 2.45) is 0 Å². The molecule has 0 aliphatic rings. The highest BCUT2D eigenvalue weighted by molar-refractivity contribution is 5.92. The van der Waals surface area contributed by atoms with Crippen molar-refractivity contribution in [3.63, 3.8) is 0 Å². The van der Waals surface area contributed by atoms with Gasteiger partial charge in [-0.1, -0.05) is 30.3 Å². The summed E-state index contributed by atoms with van der Waals surface area (Å²) in [5.74, 6) is 3.11. The fourth-order valence-electron chi connectivity index (χ4n) is 3.62. The summed E-state index contributed by atoms with van der Waals surface area (Å²) in [6.45, 7) is 1.26. The first-order chi connectivity index (χ1) is 16.6. The molecule has 3 aromatic heterocycles. The quantitative estimate of drug-likeness (QED) is 0.326. The van der Waals surface area contributed by atoms with Crippen molar-refractivity contribution < 1.29 is 9.15 Å². The highest BCUT2D eigenvalue weighted by atomic mass is 16.5. The van der Waals surface area contributed by atoms with E-state index in [4.69, 9.17) is 9.15 Å². The monoisotopic (exact) mass is 451 g/mol. The van der Waals surface area contributed by atoms with Crippen LogP contribution in [0.25, 0.3) is 22.4 Å². The van der Waals surface area contributed by atoms with E-state index in [1.807, 2.05) is 86.9 Å². The van der Waals surface area contributed by atoms with Crippen molar-refractivity contribution in [1.29, 1.82) is 0 Å². The third-order valence-corrected chi connectivity index (χ3v) is 5.27. The molecule has 0 bridgehead atoms. The summed E-state index contributed by atoms with van der Waals surface area (Å²) < 4.78 is 11.9. The number of anilines is 2. The van der Waals surface area contributed by atoms with Gasteiger partial charge in [-0.25, -0.2) is 9.97 Å². The summed E-state index contributed by atoms with van der Waals surface area (Å²) in [4.78, 5) is 15.4. The van der Waals surface area contributed by atoms with Crippen molar-refractivity contribution in [3.05, 3.63) is 96.6 Å². The first kappa shape index (κ1) is 21.6. The average molecular weight is 452 g/mol. The molecule has 5 rings (SSSR count). The molecule has 1 N–H and O–H groups in total. The molecule has 0 atom stereocenters. The second-order valence-corrected chi connectivity index (χ2v) is 8.24. The van der Waals surface area contributed by atoms with E-state index < -0.39 is 0 Å². The molecular weight excluding hydrogens is 426 g/mol. The van der Waals surface area contributed by atoms with Gasteiger partial charge in [-0.05, 0) is 62.1 Å². The lowest BCUT2D eigenvalue weighted by Gasteiger charge is -2.10. The maximum absolute atomic E-state index is 5.98. The molecule has 0 saturated carbocycles. The molecule has 0 spiro atoms. The number of fused-ring (bicyclic) bond motifs is 1. The van der Waals surface area contributed by atoms with Gasteiger partial charge in [0, 0.05) is 11.1 Å². The molecule has 34 heavy (non-hydrogen) atoms. The molecule has 7 nitrogen and oxygen atoms in total. The van der Waals surface area contributed by atoms with Crippen LogP contribution in [0.4, 0.5) is 11.5 Å². The van der Waals surface area contributed by atoms with E-state index in [2.05, 4.69) is 25.2 Å². The number of hydrogen-bond acceptors (Lipinski definition) is 7. The Labute approximate surface area is 198 Å². The van der Waals surface area contributed by atoms with Gasteiger partial charge in [0.15, 0.2) is 5.76 Å². The summed E-state index contributed by atoms with van der Waals surface area (Å²) in [5, 5.41) is 4.25. The zero-order valence-corrected chi connectivity index (χ0v) is 19.1. The number of nitrogens with zero attached hydrogens (tertiary/aromatic N) is 4. The van der Waals surface area contributed by atoms with E-state index in [9.17, 15) is 0 Å². The highest BCUT2D eigenvalue weighted by Gasteiger charge is 2.11. The Bertz CT molecular complexity index is 1380. The summed E-state index contributed by atoms with van der Waals surface area (Å²) in [6.07, 6.45) is 3.28. The average Bonchev–Trinajstić information content (AvgIpc) is 3.32. The van der Waals surface area contributed by atoms with Gasteiger partial charge in [0.1, 0.15) is 36.0 Å². The van der Waals surface area contributed by atoms with Gasteiger partial charge in [-0.2, -0.15) is 0 Å². The van der Waals surface area contributed by atoms with Crippen LogP contribution < -0.4 is 10.1 Å². The molecule has 0 saturated heterocycles. The number of benzene rings is 2. The number of aromatic nitrogens is 3. The lowest BCUT2D eigenvalue weighted by Crippen LogP contribution is -2.09. The third-order valence-electron chi connectivity index (χ3n) is 5.27. The molecule has 0 unspecified atom stereocenters. The fourth-order valence-corrected chi connectivity index (χ4v) is 3.62. The van der Waals surface area contributed by atoms with E-state index in [1.54, 1.807) is 6.20 Å². The second-order valence-electron chi connectivity index (χ2n) is 8.24. The zero-order valence-electron chi connectivity index (χ0n) is 19.1. The first-order valence-corrected chi connectivity index (χ1v) is 11.0. The van der Waals surface area contributed by atoms with E-state index in [1.165, 1.54) is 6.33 Å². The molecule has 5 aromatic rings. The normalized spacial score (nSPS) is 11.1. The van der Waals surface area contributed by atoms with Crippen LogP contribution in [0.1, 0.15) is 11.3 Å². The molecule has 2 aromatic carbocycles. The maximum Gasteiger partial charge on any atom is 0.152 e. The van der Waals surface area contributed by atoms with Crippen molar-refractivity contribution >= 4 is 22.4 Å². The van der Waals surface area contributed by atoms with Crippen LogP contribution in [0.3, 0.4) is 0 Å². The lowest BCUT2D eigenvalue weighted by atomic mass is 10.2. The molecule has 0 fully saturated rings. The summed E-state index contributed by atoms with van der Waals surface area (Å²) >= 11 is 0. The van der Waals surface area contributed by atoms with Crippen LogP contribution in [0.15, 0.2) is 89.7 Å². The Morgan fingerprint density at radius 2 is 1.74 bits per heavy atom. The second kappa shape index (κ2) is 9.72. The largest absolute Gasteiger partial charge is 0.489 e. The molecular formula is C27H25N5O2. The van der Waals surface area contributed by atoms with Crippen molar-refractivity contribution in [1.82, 2.24) is 19.9 Å². The van der Waals surface area contributed by atoms with Crippen LogP contribution in [-0.2, 0) is 13.2 Å². The predicted molar refractivity (Wildman–Crippen MR) is 133 cm³/mol. The highest BCUT2D eigenvalue weighted by Crippen LogP contribution is 2.28. The number of furan rings is 1. The van der Waals surface area contributed by atoms with E-state index >= 15 is 0 Å². The topological polar surface area (TPSA) is 76.3 Å². The van der Waals surface area contributed by atoms with Crippen molar-refractivity contribution in [2.45, 2.75) is 13.2 Å². The Hall–Kier alpha value is -4.23. The van der Waals surface area contributed by atoms with Gasteiger partial charge in [0.2, 0.25) is 0 Å². The Kier molecular flexibility index (Phi) is 6.18. The van der Waals surface area contributed by atoms with Gasteiger partial charge < -0.3 is 19.4 Å². The Morgan fingerprint density at radius 1 is 0.912 bits per heavy atom. The van der Waals surface area contributed by atoms with E-state index in [-0.39, 0.29) is 0 Å². The third kappa shape index (κ3) is 5.05. The molecule has 7 heteroatoms.